The number of carboxylic acids is 1. The van der Waals surface area contributed by atoms with Crippen molar-refractivity contribution in [2.24, 2.45) is 0 Å². The van der Waals surface area contributed by atoms with E-state index in [-0.39, 0.29) is 4.88 Å². The molecule has 1 aromatic rings. The molecule has 1 saturated heterocycles. The number of carbonyl (C=O) groups excluding carboxylic acids is 1. The van der Waals surface area contributed by atoms with Gasteiger partial charge in [-0.2, -0.15) is 0 Å². The van der Waals surface area contributed by atoms with Crippen LogP contribution in [-0.4, -0.2) is 59.0 Å². The fourth-order valence-electron chi connectivity index (χ4n) is 2.20. The molecule has 0 bridgehead atoms. The average Bonchev–Trinajstić information content (AvgIpc) is 2.93. The number of amides is 1. The predicted molar refractivity (Wildman–Crippen MR) is 83.6 cm³/mol. The van der Waals surface area contributed by atoms with Crippen LogP contribution in [0.2, 0.25) is 0 Å². The van der Waals surface area contributed by atoms with E-state index in [9.17, 15) is 14.7 Å². The number of aromatic carboxylic acids is 1. The van der Waals surface area contributed by atoms with Crippen LogP contribution in [0.4, 0.5) is 4.79 Å². The first kappa shape index (κ1) is 17.6. The largest absolute Gasteiger partial charge is 0.477 e. The maximum Gasteiger partial charge on any atom is 0.409 e. The lowest BCUT2D eigenvalue weighted by Gasteiger charge is -2.34. The third kappa shape index (κ3) is 4.88. The number of hydrogen-bond acceptors (Lipinski definition) is 7. The first-order valence-electron chi connectivity index (χ1n) is 7.26. The number of carbonyl (C=O) groups is 2. The first-order chi connectivity index (χ1) is 10.8. The van der Waals surface area contributed by atoms with Crippen molar-refractivity contribution in [3.8, 4) is 0 Å². The second-order valence-electron chi connectivity index (χ2n) is 6.07. The number of rotatable bonds is 4. The highest BCUT2D eigenvalue weighted by Gasteiger charge is 2.31. The molecule has 1 aliphatic heterocycles. The Morgan fingerprint density at radius 1 is 1.43 bits per heavy atom. The smallest absolute Gasteiger partial charge is 0.409 e. The Hall–Kier alpha value is -1.71. The van der Waals surface area contributed by atoms with Crippen molar-refractivity contribution >= 4 is 23.4 Å². The summed E-state index contributed by atoms with van der Waals surface area (Å²) >= 11 is 1.03. The molecule has 0 saturated carbocycles. The standard InChI is InChI=1S/C14H21N3O5S/c1-14(2,3)22-13(20)16-11(17-4-6-21-7-5-17)9-10(12(18)19)23-8-15-9/h8,11H,4-7H2,1-3H3,(H,16,20)(H,18,19). The van der Waals surface area contributed by atoms with E-state index in [0.717, 1.165) is 11.3 Å². The quantitative estimate of drug-likeness (QED) is 0.858. The molecule has 0 spiro atoms. The highest BCUT2D eigenvalue weighted by atomic mass is 32.1. The number of alkyl carbamates (subject to hydrolysis) is 1. The molecule has 128 valence electrons. The van der Waals surface area contributed by atoms with E-state index in [0.29, 0.717) is 32.0 Å². The van der Waals surface area contributed by atoms with Crippen LogP contribution in [-0.2, 0) is 9.47 Å². The number of morpholine rings is 1. The zero-order valence-electron chi connectivity index (χ0n) is 13.4. The number of nitrogens with one attached hydrogen (secondary N) is 1. The summed E-state index contributed by atoms with van der Waals surface area (Å²) in [7, 11) is 0. The molecular weight excluding hydrogens is 322 g/mol. The summed E-state index contributed by atoms with van der Waals surface area (Å²) in [4.78, 5) is 29.7. The fraction of sp³-hybridized carbons (Fsp3) is 0.643. The average molecular weight is 343 g/mol. The van der Waals surface area contributed by atoms with Gasteiger partial charge >= 0.3 is 12.1 Å². The summed E-state index contributed by atoms with van der Waals surface area (Å²) in [5, 5.41) is 12.0. The van der Waals surface area contributed by atoms with Gasteiger partial charge in [0.2, 0.25) is 0 Å². The van der Waals surface area contributed by atoms with Gasteiger partial charge in [-0.3, -0.25) is 4.90 Å². The van der Waals surface area contributed by atoms with Crippen molar-refractivity contribution in [1.29, 1.82) is 0 Å². The van der Waals surface area contributed by atoms with Crippen molar-refractivity contribution in [1.82, 2.24) is 15.2 Å². The highest BCUT2D eigenvalue weighted by molar-refractivity contribution is 7.11. The minimum absolute atomic E-state index is 0.109. The molecule has 1 aliphatic rings. The third-order valence-corrected chi connectivity index (χ3v) is 3.94. The fourth-order valence-corrected chi connectivity index (χ4v) is 2.85. The van der Waals surface area contributed by atoms with Gasteiger partial charge < -0.3 is 19.9 Å². The second kappa shape index (κ2) is 7.24. The third-order valence-electron chi connectivity index (χ3n) is 3.11. The molecule has 2 rings (SSSR count). The van der Waals surface area contributed by atoms with Crippen LogP contribution >= 0.6 is 11.3 Å². The van der Waals surface area contributed by atoms with Gasteiger partial charge in [-0.25, -0.2) is 14.6 Å². The zero-order chi connectivity index (χ0) is 17.0. The number of hydrogen-bond donors (Lipinski definition) is 2. The lowest BCUT2D eigenvalue weighted by molar-refractivity contribution is -0.001000. The van der Waals surface area contributed by atoms with Crippen molar-refractivity contribution in [2.45, 2.75) is 32.5 Å². The van der Waals surface area contributed by atoms with Gasteiger partial charge in [-0.15, -0.1) is 11.3 Å². The summed E-state index contributed by atoms with van der Waals surface area (Å²) in [6, 6.07) is 0. The molecule has 8 nitrogen and oxygen atoms in total. The van der Waals surface area contributed by atoms with E-state index < -0.39 is 23.8 Å². The van der Waals surface area contributed by atoms with E-state index in [1.165, 1.54) is 5.51 Å². The zero-order valence-corrected chi connectivity index (χ0v) is 14.2. The molecule has 0 radical (unpaired) electrons. The normalized spacial score (nSPS) is 17.5. The number of ether oxygens (including phenoxy) is 2. The minimum Gasteiger partial charge on any atom is -0.477 e. The van der Waals surface area contributed by atoms with Crippen LogP contribution in [0.15, 0.2) is 5.51 Å². The molecule has 2 N–H and O–H groups in total. The summed E-state index contributed by atoms with van der Waals surface area (Å²) in [6.07, 6.45) is -1.27. The molecule has 0 aliphatic carbocycles. The van der Waals surface area contributed by atoms with Gasteiger partial charge in [-0.1, -0.05) is 0 Å². The molecule has 1 atom stereocenters. The van der Waals surface area contributed by atoms with E-state index in [2.05, 4.69) is 10.3 Å². The molecule has 1 unspecified atom stereocenters. The lowest BCUT2D eigenvalue weighted by atomic mass is 10.2. The van der Waals surface area contributed by atoms with Crippen LogP contribution in [0.3, 0.4) is 0 Å². The van der Waals surface area contributed by atoms with E-state index in [1.807, 2.05) is 4.90 Å². The maximum atomic E-state index is 12.1. The number of carboxylic acid groups (broad SMARTS) is 1. The molecule has 1 fully saturated rings. The first-order valence-corrected chi connectivity index (χ1v) is 8.14. The summed E-state index contributed by atoms with van der Waals surface area (Å²) in [6.45, 7) is 7.46. The van der Waals surface area contributed by atoms with Gasteiger partial charge in [0.15, 0.2) is 0 Å². The Morgan fingerprint density at radius 3 is 2.65 bits per heavy atom. The van der Waals surface area contributed by atoms with Crippen molar-refractivity contribution in [2.75, 3.05) is 26.3 Å². The van der Waals surface area contributed by atoms with Crippen LogP contribution in [0.25, 0.3) is 0 Å². The van der Waals surface area contributed by atoms with Gasteiger partial charge in [0.1, 0.15) is 22.3 Å². The minimum atomic E-state index is -1.06. The van der Waals surface area contributed by atoms with Crippen molar-refractivity contribution < 1.29 is 24.2 Å². The molecule has 9 heteroatoms. The molecule has 1 aromatic heterocycles. The second-order valence-corrected chi connectivity index (χ2v) is 6.92. The maximum absolute atomic E-state index is 12.1. The van der Waals surface area contributed by atoms with Crippen LogP contribution < -0.4 is 5.32 Å². The topological polar surface area (TPSA) is 101 Å². The predicted octanol–water partition coefficient (Wildman–Crippen LogP) is 1.70. The number of aromatic nitrogens is 1. The summed E-state index contributed by atoms with van der Waals surface area (Å²) in [5.74, 6) is -1.06. The highest BCUT2D eigenvalue weighted by Crippen LogP contribution is 2.25. The molecular formula is C14H21N3O5S. The Labute approximate surface area is 138 Å². The Balaban J connectivity index is 2.23. The molecule has 1 amide bonds. The van der Waals surface area contributed by atoms with E-state index in [1.54, 1.807) is 20.8 Å². The monoisotopic (exact) mass is 343 g/mol. The Morgan fingerprint density at radius 2 is 2.09 bits per heavy atom. The van der Waals surface area contributed by atoms with E-state index >= 15 is 0 Å². The summed E-state index contributed by atoms with van der Waals surface area (Å²) < 4.78 is 10.6. The number of thiazole rings is 1. The summed E-state index contributed by atoms with van der Waals surface area (Å²) in [5.41, 5.74) is 1.13. The van der Waals surface area contributed by atoms with Crippen LogP contribution in [0.5, 0.6) is 0 Å². The van der Waals surface area contributed by atoms with Crippen molar-refractivity contribution in [3.63, 3.8) is 0 Å². The number of nitrogens with zero attached hydrogens (tertiary/aromatic N) is 2. The van der Waals surface area contributed by atoms with Crippen LogP contribution in [0, 0.1) is 0 Å². The van der Waals surface area contributed by atoms with Gasteiger partial charge in [0.25, 0.3) is 0 Å². The molecule has 2 heterocycles. The Kier molecular flexibility index (Phi) is 5.55. The van der Waals surface area contributed by atoms with Gasteiger partial charge in [0, 0.05) is 13.1 Å². The molecule has 0 aromatic carbocycles. The SMILES string of the molecule is CC(C)(C)OC(=O)NC(c1ncsc1C(=O)O)N1CCOCC1. The Bertz CT molecular complexity index is 563. The lowest BCUT2D eigenvalue weighted by Crippen LogP contribution is -2.48. The van der Waals surface area contributed by atoms with Gasteiger partial charge in [-0.05, 0) is 20.8 Å². The van der Waals surface area contributed by atoms with Crippen molar-refractivity contribution in [3.05, 3.63) is 16.1 Å². The van der Waals surface area contributed by atoms with E-state index in [4.69, 9.17) is 9.47 Å². The van der Waals surface area contributed by atoms with Crippen LogP contribution in [0.1, 0.15) is 42.3 Å². The van der Waals surface area contributed by atoms with Gasteiger partial charge in [0.05, 0.1) is 18.7 Å². The molecule has 23 heavy (non-hydrogen) atoms.